The highest BCUT2D eigenvalue weighted by Gasteiger charge is 2.19. The Bertz CT molecular complexity index is 413. The van der Waals surface area contributed by atoms with Crippen molar-refractivity contribution >= 4 is 5.69 Å². The molecule has 0 saturated carbocycles. The van der Waals surface area contributed by atoms with Gasteiger partial charge in [-0.25, -0.2) is 0 Å². The molecule has 1 unspecified atom stereocenters. The highest BCUT2D eigenvalue weighted by atomic mass is 16.6. The van der Waals surface area contributed by atoms with Gasteiger partial charge in [0.05, 0.1) is 44.3 Å². The van der Waals surface area contributed by atoms with Gasteiger partial charge >= 0.3 is 0 Å². The lowest BCUT2D eigenvalue weighted by Gasteiger charge is -2.24. The number of nitro groups is 1. The van der Waals surface area contributed by atoms with Crippen LogP contribution in [0.15, 0.2) is 24.3 Å². The van der Waals surface area contributed by atoms with E-state index in [0.29, 0.717) is 12.2 Å². The van der Waals surface area contributed by atoms with Crippen molar-refractivity contribution in [3.05, 3.63) is 39.9 Å². The van der Waals surface area contributed by atoms with Crippen LogP contribution in [0.3, 0.4) is 0 Å². The Morgan fingerprint density at radius 3 is 2.50 bits per heavy atom. The molecule has 0 heterocycles. The zero-order valence-electron chi connectivity index (χ0n) is 11.4. The Morgan fingerprint density at radius 2 is 1.94 bits per heavy atom. The van der Waals surface area contributed by atoms with Crippen molar-refractivity contribution in [1.29, 1.82) is 0 Å². The molecular formula is C13H21N2O3+. The van der Waals surface area contributed by atoms with Crippen molar-refractivity contribution in [2.75, 3.05) is 34.3 Å². The molecule has 1 atom stereocenters. The number of ether oxygens (including phenoxy) is 1. The summed E-state index contributed by atoms with van der Waals surface area (Å²) in [5.41, 5.74) is 0.749. The molecule has 5 heteroatoms. The van der Waals surface area contributed by atoms with Gasteiger partial charge in [-0.15, -0.1) is 0 Å². The average Bonchev–Trinajstić information content (AvgIpc) is 2.27. The van der Waals surface area contributed by atoms with Gasteiger partial charge in [0, 0.05) is 6.07 Å². The largest absolute Gasteiger partial charge is 0.368 e. The summed E-state index contributed by atoms with van der Waals surface area (Å²) in [5.74, 6) is 0. The van der Waals surface area contributed by atoms with Crippen molar-refractivity contribution in [3.8, 4) is 0 Å². The van der Waals surface area contributed by atoms with Crippen LogP contribution in [-0.2, 0) is 4.74 Å². The number of rotatable bonds is 6. The minimum absolute atomic E-state index is 0.121. The molecule has 1 rings (SSSR count). The Balaban J connectivity index is 2.67. The van der Waals surface area contributed by atoms with Gasteiger partial charge in [0.25, 0.3) is 5.69 Å². The molecule has 1 aromatic rings. The summed E-state index contributed by atoms with van der Waals surface area (Å²) in [4.78, 5) is 10.5. The minimum atomic E-state index is -0.366. The van der Waals surface area contributed by atoms with Gasteiger partial charge in [-0.3, -0.25) is 10.1 Å². The number of hydrogen-bond acceptors (Lipinski definition) is 3. The fraction of sp³-hybridized carbons (Fsp3) is 0.538. The van der Waals surface area contributed by atoms with E-state index in [1.165, 1.54) is 6.07 Å². The van der Waals surface area contributed by atoms with Crippen molar-refractivity contribution in [3.63, 3.8) is 0 Å². The zero-order chi connectivity index (χ0) is 13.8. The molecule has 0 N–H and O–H groups in total. The Labute approximate surface area is 108 Å². The summed E-state index contributed by atoms with van der Waals surface area (Å²) in [6.45, 7) is 3.29. The molecular weight excluding hydrogens is 232 g/mol. The first kappa shape index (κ1) is 14.6. The molecule has 0 aliphatic heterocycles. The molecule has 0 aromatic heterocycles. The monoisotopic (exact) mass is 253 g/mol. The maximum Gasteiger partial charge on any atom is 0.275 e. The van der Waals surface area contributed by atoms with Crippen LogP contribution in [0, 0.1) is 10.1 Å². The van der Waals surface area contributed by atoms with Crippen molar-refractivity contribution < 1.29 is 14.1 Å². The molecule has 0 bridgehead atoms. The number of nitrogens with zero attached hydrogens (tertiary/aromatic N) is 2. The fourth-order valence-corrected chi connectivity index (χ4v) is 1.59. The van der Waals surface area contributed by atoms with Gasteiger partial charge in [0.15, 0.2) is 0 Å². The third kappa shape index (κ3) is 4.43. The zero-order valence-corrected chi connectivity index (χ0v) is 11.4. The quantitative estimate of drug-likeness (QED) is 0.444. The van der Waals surface area contributed by atoms with E-state index in [2.05, 4.69) is 21.1 Å². The summed E-state index contributed by atoms with van der Waals surface area (Å²) in [6, 6.07) is 6.71. The summed E-state index contributed by atoms with van der Waals surface area (Å²) >= 11 is 0. The lowest BCUT2D eigenvalue weighted by Crippen LogP contribution is -2.37. The van der Waals surface area contributed by atoms with Crippen molar-refractivity contribution in [2.24, 2.45) is 0 Å². The van der Waals surface area contributed by atoms with E-state index in [0.717, 1.165) is 11.0 Å². The van der Waals surface area contributed by atoms with Crippen LogP contribution in [0.2, 0.25) is 0 Å². The topological polar surface area (TPSA) is 52.4 Å². The van der Waals surface area contributed by atoms with Crippen LogP contribution in [-0.4, -0.2) is 43.7 Å². The molecule has 100 valence electrons. The predicted octanol–water partition coefficient (Wildman–Crippen LogP) is 2.38. The fourth-order valence-electron chi connectivity index (χ4n) is 1.59. The van der Waals surface area contributed by atoms with Crippen LogP contribution < -0.4 is 0 Å². The molecule has 1 aromatic carbocycles. The smallest absolute Gasteiger partial charge is 0.275 e. The Hall–Kier alpha value is -1.46. The van der Waals surface area contributed by atoms with Crippen LogP contribution in [0.1, 0.15) is 18.6 Å². The Kier molecular flexibility index (Phi) is 4.81. The van der Waals surface area contributed by atoms with E-state index in [1.807, 2.05) is 6.92 Å². The summed E-state index contributed by atoms with van der Waals surface area (Å²) in [6.07, 6.45) is -0.266. The number of quaternary nitrogens is 1. The molecule has 0 aliphatic rings. The molecule has 0 amide bonds. The van der Waals surface area contributed by atoms with Crippen LogP contribution in [0.4, 0.5) is 5.69 Å². The normalized spacial score (nSPS) is 13.3. The van der Waals surface area contributed by atoms with Gasteiger partial charge in [0.1, 0.15) is 6.54 Å². The van der Waals surface area contributed by atoms with Crippen molar-refractivity contribution in [2.45, 2.75) is 13.0 Å². The molecule has 0 spiro atoms. The maximum atomic E-state index is 10.9. The number of nitro benzene ring substituents is 1. The van der Waals surface area contributed by atoms with E-state index in [4.69, 9.17) is 4.74 Å². The first-order valence-corrected chi connectivity index (χ1v) is 5.96. The van der Waals surface area contributed by atoms with Crippen LogP contribution in [0.25, 0.3) is 0 Å². The van der Waals surface area contributed by atoms with Crippen LogP contribution in [0.5, 0.6) is 0 Å². The molecule has 0 saturated heterocycles. The number of hydrogen-bond donors (Lipinski definition) is 0. The van der Waals surface area contributed by atoms with Gasteiger partial charge in [-0.2, -0.15) is 0 Å². The minimum Gasteiger partial charge on any atom is -0.368 e. The predicted molar refractivity (Wildman–Crippen MR) is 70.4 cm³/mol. The first-order valence-electron chi connectivity index (χ1n) is 5.96. The highest BCUT2D eigenvalue weighted by Crippen LogP contribution is 2.26. The lowest BCUT2D eigenvalue weighted by molar-refractivity contribution is -0.870. The number of benzene rings is 1. The van der Waals surface area contributed by atoms with E-state index in [1.54, 1.807) is 18.2 Å². The highest BCUT2D eigenvalue weighted by molar-refractivity contribution is 5.41. The maximum absolute atomic E-state index is 10.9. The van der Waals surface area contributed by atoms with Gasteiger partial charge in [0.2, 0.25) is 0 Å². The standard InChI is InChI=1S/C13H21N2O3/c1-11(18-10-9-15(2,3)4)12-7-5-6-8-13(12)14(16)17/h5-8,11H,9-10H2,1-4H3/q+1. The third-order valence-electron chi connectivity index (χ3n) is 2.70. The first-order chi connectivity index (χ1) is 8.31. The van der Waals surface area contributed by atoms with E-state index >= 15 is 0 Å². The van der Waals surface area contributed by atoms with Crippen molar-refractivity contribution in [1.82, 2.24) is 0 Å². The number of para-hydroxylation sites is 1. The van der Waals surface area contributed by atoms with Gasteiger partial charge in [-0.05, 0) is 13.0 Å². The molecule has 0 radical (unpaired) electrons. The number of likely N-dealkylation sites (N-methyl/N-ethyl adjacent to an activating group) is 1. The molecule has 5 nitrogen and oxygen atoms in total. The second-order valence-electron chi connectivity index (χ2n) is 5.34. The SMILES string of the molecule is CC(OCC[N+](C)(C)C)c1ccccc1[N+](=O)[O-]. The van der Waals surface area contributed by atoms with E-state index < -0.39 is 0 Å². The molecule has 18 heavy (non-hydrogen) atoms. The summed E-state index contributed by atoms with van der Waals surface area (Å²) in [7, 11) is 6.25. The average molecular weight is 253 g/mol. The van der Waals surface area contributed by atoms with E-state index in [-0.39, 0.29) is 16.7 Å². The van der Waals surface area contributed by atoms with Gasteiger partial charge in [-0.1, -0.05) is 12.1 Å². The molecule has 0 aliphatic carbocycles. The van der Waals surface area contributed by atoms with E-state index in [9.17, 15) is 10.1 Å². The summed E-state index contributed by atoms with van der Waals surface area (Å²) in [5, 5.41) is 10.9. The Morgan fingerprint density at radius 1 is 1.33 bits per heavy atom. The molecule has 0 fully saturated rings. The van der Waals surface area contributed by atoms with Gasteiger partial charge < -0.3 is 9.22 Å². The van der Waals surface area contributed by atoms with Crippen LogP contribution >= 0.6 is 0 Å². The lowest BCUT2D eigenvalue weighted by atomic mass is 10.1. The second kappa shape index (κ2) is 5.93. The second-order valence-corrected chi connectivity index (χ2v) is 5.34. The third-order valence-corrected chi connectivity index (χ3v) is 2.70. The summed E-state index contributed by atoms with van der Waals surface area (Å²) < 4.78 is 6.48.